The third kappa shape index (κ3) is 3.25. The van der Waals surface area contributed by atoms with Crippen LogP contribution in [0, 0.1) is 10.1 Å². The largest absolute Gasteiger partial charge is 0.259 e. The zero-order valence-electron chi connectivity index (χ0n) is 10.6. The number of hydrogen-bond acceptors (Lipinski definition) is 3. The van der Waals surface area contributed by atoms with Crippen LogP contribution in [0.5, 0.6) is 0 Å². The Balaban J connectivity index is 2.36. The fourth-order valence-corrected chi connectivity index (χ4v) is 1.80. The van der Waals surface area contributed by atoms with Gasteiger partial charge in [-0.15, -0.1) is 0 Å². The van der Waals surface area contributed by atoms with E-state index in [2.05, 4.69) is 4.98 Å². The monoisotopic (exact) mass is 254 g/mol. The van der Waals surface area contributed by atoms with Crippen molar-refractivity contribution in [3.8, 4) is 0 Å². The molecule has 0 fully saturated rings. The van der Waals surface area contributed by atoms with Crippen molar-refractivity contribution in [3.05, 3.63) is 75.8 Å². The molecule has 0 saturated carbocycles. The molecule has 0 radical (unpaired) electrons. The molecule has 0 aromatic carbocycles. The molecule has 1 aliphatic carbocycles. The maximum atomic E-state index is 10.7. The quantitative estimate of drug-likeness (QED) is 0.611. The van der Waals surface area contributed by atoms with Gasteiger partial charge in [-0.3, -0.25) is 10.1 Å². The average Bonchev–Trinajstić information content (AvgIpc) is 2.65. The molecule has 4 nitrogen and oxygen atoms in total. The Hall–Kier alpha value is -2.49. The van der Waals surface area contributed by atoms with Gasteiger partial charge in [0.25, 0.3) is 0 Å². The molecule has 1 aliphatic rings. The lowest BCUT2D eigenvalue weighted by Crippen LogP contribution is -1.95. The highest BCUT2D eigenvalue weighted by molar-refractivity contribution is 5.74. The van der Waals surface area contributed by atoms with Crippen molar-refractivity contribution >= 4 is 11.6 Å². The molecule has 0 unspecified atom stereocenters. The van der Waals surface area contributed by atoms with E-state index in [1.165, 1.54) is 0 Å². The van der Waals surface area contributed by atoms with Gasteiger partial charge in [0, 0.05) is 11.6 Å². The summed E-state index contributed by atoms with van der Waals surface area (Å²) in [6.07, 6.45) is 11.1. The van der Waals surface area contributed by atoms with Crippen LogP contribution < -0.4 is 0 Å². The lowest BCUT2D eigenvalue weighted by molar-refractivity contribution is -0.426. The van der Waals surface area contributed by atoms with Crippen LogP contribution >= 0.6 is 0 Å². The summed E-state index contributed by atoms with van der Waals surface area (Å²) in [7, 11) is 0. The van der Waals surface area contributed by atoms with E-state index in [1.54, 1.807) is 18.2 Å². The van der Waals surface area contributed by atoms with Crippen molar-refractivity contribution in [1.29, 1.82) is 0 Å². The Labute approximate surface area is 111 Å². The average molecular weight is 254 g/mol. The number of pyridine rings is 1. The summed E-state index contributed by atoms with van der Waals surface area (Å²) in [5.74, 6) is 0. The van der Waals surface area contributed by atoms with Crippen molar-refractivity contribution in [1.82, 2.24) is 4.98 Å². The summed E-state index contributed by atoms with van der Waals surface area (Å²) < 4.78 is 0. The van der Waals surface area contributed by atoms with Crippen molar-refractivity contribution in [2.75, 3.05) is 0 Å². The molecule has 0 spiro atoms. The second-order valence-corrected chi connectivity index (χ2v) is 4.09. The van der Waals surface area contributed by atoms with Crippen LogP contribution in [0.2, 0.25) is 0 Å². The highest BCUT2D eigenvalue weighted by Gasteiger charge is 2.10. The lowest BCUT2D eigenvalue weighted by atomic mass is 10.1. The summed E-state index contributed by atoms with van der Waals surface area (Å²) in [6.45, 7) is 1.94. The normalized spacial score (nSPS) is 15.0. The Kier molecular flexibility index (Phi) is 4.03. The van der Waals surface area contributed by atoms with E-state index in [9.17, 15) is 10.1 Å². The summed E-state index contributed by atoms with van der Waals surface area (Å²) >= 11 is 0. The van der Waals surface area contributed by atoms with Gasteiger partial charge in [0.1, 0.15) is 0 Å². The minimum Gasteiger partial charge on any atom is -0.259 e. The molecule has 1 aromatic heterocycles. The predicted octanol–water partition coefficient (Wildman–Crippen LogP) is 3.62. The first kappa shape index (κ1) is 13.0. The molecule has 96 valence electrons. The van der Waals surface area contributed by atoms with E-state index in [0.29, 0.717) is 6.42 Å². The smallest absolute Gasteiger partial charge is 0.250 e. The van der Waals surface area contributed by atoms with Gasteiger partial charge in [0.15, 0.2) is 0 Å². The maximum Gasteiger partial charge on any atom is 0.250 e. The maximum absolute atomic E-state index is 10.7. The van der Waals surface area contributed by atoms with E-state index in [0.717, 1.165) is 17.0 Å². The summed E-state index contributed by atoms with van der Waals surface area (Å²) in [5, 5.41) is 10.7. The first-order valence-corrected chi connectivity index (χ1v) is 6.02. The molecule has 2 rings (SSSR count). The number of aromatic nitrogens is 1. The summed E-state index contributed by atoms with van der Waals surface area (Å²) in [6, 6.07) is 5.74. The van der Waals surface area contributed by atoms with E-state index in [-0.39, 0.29) is 10.6 Å². The van der Waals surface area contributed by atoms with Crippen LogP contribution in [0.15, 0.2) is 54.3 Å². The third-order valence-corrected chi connectivity index (χ3v) is 2.72. The number of allylic oxidation sites excluding steroid dienone is 6. The van der Waals surface area contributed by atoms with E-state index >= 15 is 0 Å². The van der Waals surface area contributed by atoms with E-state index in [1.807, 2.05) is 43.4 Å². The zero-order valence-corrected chi connectivity index (χ0v) is 10.6. The van der Waals surface area contributed by atoms with Crippen molar-refractivity contribution in [2.45, 2.75) is 13.3 Å². The van der Waals surface area contributed by atoms with Crippen molar-refractivity contribution in [3.63, 3.8) is 0 Å². The molecule has 0 atom stereocenters. The first-order valence-electron chi connectivity index (χ1n) is 6.02. The van der Waals surface area contributed by atoms with E-state index in [4.69, 9.17) is 0 Å². The number of nitro groups is 1. The standard InChI is InChI=1S/C15H14N2O2/c1-2-5-13-7-4-9-15(16-13)12-6-3-8-14(11-10-12)17(18)19/h2-7,9-11H,8H2,1H3/b5-2-. The topological polar surface area (TPSA) is 56.0 Å². The molecule has 0 N–H and O–H groups in total. The number of nitrogens with zero attached hydrogens (tertiary/aromatic N) is 2. The second kappa shape index (κ2) is 5.91. The molecule has 0 saturated heterocycles. The summed E-state index contributed by atoms with van der Waals surface area (Å²) in [4.78, 5) is 14.9. The Morgan fingerprint density at radius 2 is 2.21 bits per heavy atom. The van der Waals surface area contributed by atoms with Gasteiger partial charge in [-0.2, -0.15) is 0 Å². The number of hydrogen-bond donors (Lipinski definition) is 0. The molecule has 1 heterocycles. The van der Waals surface area contributed by atoms with Crippen molar-refractivity contribution in [2.24, 2.45) is 0 Å². The molecule has 0 amide bonds. The molecule has 1 aromatic rings. The second-order valence-electron chi connectivity index (χ2n) is 4.09. The van der Waals surface area contributed by atoms with Crippen LogP contribution in [0.25, 0.3) is 11.6 Å². The third-order valence-electron chi connectivity index (χ3n) is 2.72. The van der Waals surface area contributed by atoms with Crippen molar-refractivity contribution < 1.29 is 4.92 Å². The van der Waals surface area contributed by atoms with Crippen LogP contribution in [0.1, 0.15) is 24.7 Å². The van der Waals surface area contributed by atoms with Gasteiger partial charge in [-0.25, -0.2) is 4.98 Å². The van der Waals surface area contributed by atoms with Crippen LogP contribution in [-0.4, -0.2) is 9.91 Å². The van der Waals surface area contributed by atoms with Gasteiger partial charge in [-0.1, -0.05) is 24.3 Å². The van der Waals surface area contributed by atoms with Crippen LogP contribution in [0.4, 0.5) is 0 Å². The first-order chi connectivity index (χ1) is 9.20. The Bertz CT molecular complexity index is 610. The molecule has 0 bridgehead atoms. The number of rotatable bonds is 3. The van der Waals surface area contributed by atoms with Gasteiger partial charge in [0.05, 0.1) is 22.7 Å². The molecule has 0 aliphatic heterocycles. The molecule has 19 heavy (non-hydrogen) atoms. The minimum atomic E-state index is -0.354. The zero-order chi connectivity index (χ0) is 13.7. The lowest BCUT2D eigenvalue weighted by Gasteiger charge is -2.01. The Morgan fingerprint density at radius 3 is 2.95 bits per heavy atom. The van der Waals surface area contributed by atoms with Crippen LogP contribution in [-0.2, 0) is 0 Å². The molecule has 4 heteroatoms. The van der Waals surface area contributed by atoms with Gasteiger partial charge in [-0.05, 0) is 31.2 Å². The fraction of sp³-hybridized carbons (Fsp3) is 0.133. The van der Waals surface area contributed by atoms with Crippen LogP contribution in [0.3, 0.4) is 0 Å². The minimum absolute atomic E-state index is 0.191. The summed E-state index contributed by atoms with van der Waals surface area (Å²) in [5.41, 5.74) is 2.75. The predicted molar refractivity (Wildman–Crippen MR) is 75.8 cm³/mol. The van der Waals surface area contributed by atoms with Gasteiger partial charge < -0.3 is 0 Å². The molecular weight excluding hydrogens is 240 g/mol. The van der Waals surface area contributed by atoms with Gasteiger partial charge in [0.2, 0.25) is 5.70 Å². The van der Waals surface area contributed by atoms with E-state index < -0.39 is 0 Å². The molecular formula is C15H14N2O2. The fourth-order valence-electron chi connectivity index (χ4n) is 1.80. The Morgan fingerprint density at radius 1 is 1.37 bits per heavy atom. The van der Waals surface area contributed by atoms with Gasteiger partial charge >= 0.3 is 0 Å². The highest BCUT2D eigenvalue weighted by atomic mass is 16.6. The SMILES string of the molecule is C/C=C\c1cccc(C2=CC=C([N+](=O)[O-])CC=C2)n1. The highest BCUT2D eigenvalue weighted by Crippen LogP contribution is 2.19.